The predicted octanol–water partition coefficient (Wildman–Crippen LogP) is 4.63. The first kappa shape index (κ1) is 14.2. The second-order valence-corrected chi connectivity index (χ2v) is 5.70. The van der Waals surface area contributed by atoms with Crippen molar-refractivity contribution in [3.8, 4) is 0 Å². The van der Waals surface area contributed by atoms with E-state index in [0.717, 1.165) is 34.7 Å². The molecule has 0 saturated heterocycles. The third-order valence-electron chi connectivity index (χ3n) is 3.70. The number of nitrogens with one attached hydrogen (secondary N) is 1. The maximum atomic E-state index is 6.03. The molecular formula is C18H18ClNO. The molecule has 0 fully saturated rings. The summed E-state index contributed by atoms with van der Waals surface area (Å²) in [7, 11) is 1.98. The summed E-state index contributed by atoms with van der Waals surface area (Å²) in [6.45, 7) is 0.918. The molecule has 0 spiro atoms. The Morgan fingerprint density at radius 2 is 1.90 bits per heavy atom. The molecule has 3 heteroatoms. The van der Waals surface area contributed by atoms with Crippen LogP contribution in [-0.4, -0.2) is 13.6 Å². The van der Waals surface area contributed by atoms with Gasteiger partial charge in [-0.15, -0.1) is 0 Å². The average Bonchev–Trinajstić information content (AvgIpc) is 2.89. The summed E-state index contributed by atoms with van der Waals surface area (Å²) in [5, 5.41) is 5.07. The van der Waals surface area contributed by atoms with Crippen LogP contribution in [0.2, 0.25) is 5.02 Å². The molecule has 0 aliphatic rings. The van der Waals surface area contributed by atoms with Crippen molar-refractivity contribution in [2.75, 3.05) is 13.6 Å². The van der Waals surface area contributed by atoms with Gasteiger partial charge in [0.1, 0.15) is 11.3 Å². The third-order valence-corrected chi connectivity index (χ3v) is 3.93. The molecule has 0 amide bonds. The van der Waals surface area contributed by atoms with Crippen LogP contribution in [0.15, 0.2) is 59.0 Å². The molecule has 1 atom stereocenters. The second kappa shape index (κ2) is 6.33. The van der Waals surface area contributed by atoms with E-state index in [2.05, 4.69) is 35.6 Å². The summed E-state index contributed by atoms with van der Waals surface area (Å²) in [6, 6.07) is 18.4. The Bertz CT molecular complexity index is 720. The Morgan fingerprint density at radius 3 is 2.67 bits per heavy atom. The molecule has 108 valence electrons. The minimum atomic E-state index is 0.396. The molecule has 0 aliphatic carbocycles. The van der Waals surface area contributed by atoms with E-state index in [4.69, 9.17) is 16.0 Å². The van der Waals surface area contributed by atoms with Crippen LogP contribution in [0.5, 0.6) is 0 Å². The quantitative estimate of drug-likeness (QED) is 0.743. The number of halogens is 1. The number of rotatable bonds is 5. The van der Waals surface area contributed by atoms with Crippen LogP contribution in [0.25, 0.3) is 11.0 Å². The molecule has 0 bridgehead atoms. The van der Waals surface area contributed by atoms with Gasteiger partial charge in [0.15, 0.2) is 0 Å². The van der Waals surface area contributed by atoms with Crippen LogP contribution < -0.4 is 5.32 Å². The molecule has 0 aliphatic heterocycles. The van der Waals surface area contributed by atoms with Crippen LogP contribution in [0.1, 0.15) is 17.2 Å². The normalized spacial score (nSPS) is 12.7. The summed E-state index contributed by atoms with van der Waals surface area (Å²) < 4.78 is 5.93. The van der Waals surface area contributed by atoms with E-state index in [1.807, 2.05) is 31.3 Å². The van der Waals surface area contributed by atoms with Gasteiger partial charge in [-0.1, -0.05) is 41.9 Å². The number of furan rings is 1. The summed E-state index contributed by atoms with van der Waals surface area (Å²) in [6.07, 6.45) is 0.872. The summed E-state index contributed by atoms with van der Waals surface area (Å²) in [5.41, 5.74) is 2.22. The van der Waals surface area contributed by atoms with E-state index in [0.29, 0.717) is 5.92 Å². The van der Waals surface area contributed by atoms with E-state index in [1.165, 1.54) is 5.56 Å². The van der Waals surface area contributed by atoms with Gasteiger partial charge in [0.05, 0.1) is 0 Å². The molecule has 1 unspecified atom stereocenters. The van der Waals surface area contributed by atoms with Crippen molar-refractivity contribution in [1.29, 1.82) is 0 Å². The average molecular weight is 300 g/mol. The van der Waals surface area contributed by atoms with Crippen molar-refractivity contribution in [2.45, 2.75) is 12.3 Å². The lowest BCUT2D eigenvalue weighted by molar-refractivity contribution is 0.506. The first-order valence-corrected chi connectivity index (χ1v) is 7.51. The van der Waals surface area contributed by atoms with Gasteiger partial charge < -0.3 is 9.73 Å². The Hall–Kier alpha value is -1.77. The lowest BCUT2D eigenvalue weighted by Gasteiger charge is -2.15. The zero-order chi connectivity index (χ0) is 14.7. The molecule has 0 saturated carbocycles. The van der Waals surface area contributed by atoms with Crippen molar-refractivity contribution < 1.29 is 4.42 Å². The number of hydrogen-bond acceptors (Lipinski definition) is 2. The van der Waals surface area contributed by atoms with Crippen LogP contribution in [0.3, 0.4) is 0 Å². The first-order valence-electron chi connectivity index (χ1n) is 7.14. The fourth-order valence-corrected chi connectivity index (χ4v) is 2.87. The van der Waals surface area contributed by atoms with E-state index in [-0.39, 0.29) is 0 Å². The minimum Gasteiger partial charge on any atom is -0.461 e. The van der Waals surface area contributed by atoms with Gasteiger partial charge in [-0.05, 0) is 36.9 Å². The predicted molar refractivity (Wildman–Crippen MR) is 88.0 cm³/mol. The largest absolute Gasteiger partial charge is 0.461 e. The number of likely N-dealkylation sites (N-methyl/N-ethyl adjacent to an activating group) is 1. The van der Waals surface area contributed by atoms with Gasteiger partial charge in [0, 0.05) is 29.3 Å². The van der Waals surface area contributed by atoms with Crippen LogP contribution in [0.4, 0.5) is 0 Å². The standard InChI is InChI=1S/C18H18ClNO/c1-20-12-15(13-5-3-2-4-6-13)11-17-10-14-9-16(19)7-8-18(14)21-17/h2-10,15,20H,11-12H2,1H3. The van der Waals surface area contributed by atoms with Gasteiger partial charge in [0.2, 0.25) is 0 Å². The van der Waals surface area contributed by atoms with Crippen LogP contribution >= 0.6 is 11.6 Å². The monoisotopic (exact) mass is 299 g/mol. The molecule has 0 radical (unpaired) electrons. The molecule has 1 aromatic heterocycles. The highest BCUT2D eigenvalue weighted by Gasteiger charge is 2.14. The number of fused-ring (bicyclic) bond motifs is 1. The Labute approximate surface area is 129 Å². The number of hydrogen-bond donors (Lipinski definition) is 1. The van der Waals surface area contributed by atoms with Gasteiger partial charge in [-0.25, -0.2) is 0 Å². The highest BCUT2D eigenvalue weighted by Crippen LogP contribution is 2.27. The topological polar surface area (TPSA) is 25.2 Å². The van der Waals surface area contributed by atoms with Gasteiger partial charge in [0.25, 0.3) is 0 Å². The highest BCUT2D eigenvalue weighted by molar-refractivity contribution is 6.31. The van der Waals surface area contributed by atoms with E-state index in [9.17, 15) is 0 Å². The Morgan fingerprint density at radius 1 is 1.10 bits per heavy atom. The Kier molecular flexibility index (Phi) is 4.28. The molecule has 2 aromatic carbocycles. The second-order valence-electron chi connectivity index (χ2n) is 5.26. The zero-order valence-electron chi connectivity index (χ0n) is 12.0. The summed E-state index contributed by atoms with van der Waals surface area (Å²) in [4.78, 5) is 0. The molecule has 2 nitrogen and oxygen atoms in total. The maximum absolute atomic E-state index is 6.03. The van der Waals surface area contributed by atoms with Crippen molar-refractivity contribution in [3.05, 3.63) is 70.9 Å². The number of benzene rings is 2. The van der Waals surface area contributed by atoms with Crippen LogP contribution in [0, 0.1) is 0 Å². The fraction of sp³-hybridized carbons (Fsp3) is 0.222. The smallest absolute Gasteiger partial charge is 0.134 e. The molecule has 3 rings (SSSR count). The lowest BCUT2D eigenvalue weighted by Crippen LogP contribution is -2.18. The summed E-state index contributed by atoms with van der Waals surface area (Å²) >= 11 is 6.03. The van der Waals surface area contributed by atoms with Crippen molar-refractivity contribution in [1.82, 2.24) is 5.32 Å². The fourth-order valence-electron chi connectivity index (χ4n) is 2.69. The van der Waals surface area contributed by atoms with E-state index < -0.39 is 0 Å². The van der Waals surface area contributed by atoms with Gasteiger partial charge >= 0.3 is 0 Å². The molecule has 1 heterocycles. The van der Waals surface area contributed by atoms with Gasteiger partial charge in [-0.2, -0.15) is 0 Å². The summed E-state index contributed by atoms with van der Waals surface area (Å²) in [5.74, 6) is 1.39. The maximum Gasteiger partial charge on any atom is 0.134 e. The molecule has 1 N–H and O–H groups in total. The van der Waals surface area contributed by atoms with Crippen LogP contribution in [-0.2, 0) is 6.42 Å². The Balaban J connectivity index is 1.87. The molecule has 21 heavy (non-hydrogen) atoms. The molecular weight excluding hydrogens is 282 g/mol. The zero-order valence-corrected chi connectivity index (χ0v) is 12.7. The van der Waals surface area contributed by atoms with Gasteiger partial charge in [-0.3, -0.25) is 0 Å². The van der Waals surface area contributed by atoms with Crippen molar-refractivity contribution in [2.24, 2.45) is 0 Å². The molecule has 3 aromatic rings. The SMILES string of the molecule is CNCC(Cc1cc2cc(Cl)ccc2o1)c1ccccc1. The lowest BCUT2D eigenvalue weighted by atomic mass is 9.94. The van der Waals surface area contributed by atoms with Crippen molar-refractivity contribution in [3.63, 3.8) is 0 Å². The van der Waals surface area contributed by atoms with E-state index in [1.54, 1.807) is 0 Å². The first-order chi connectivity index (χ1) is 10.3. The minimum absolute atomic E-state index is 0.396. The highest BCUT2D eigenvalue weighted by atomic mass is 35.5. The van der Waals surface area contributed by atoms with Crippen molar-refractivity contribution >= 4 is 22.6 Å². The third kappa shape index (κ3) is 3.29. The van der Waals surface area contributed by atoms with E-state index >= 15 is 0 Å².